The molecule has 1 heterocycles. The third kappa shape index (κ3) is 1.79. The van der Waals surface area contributed by atoms with E-state index >= 15 is 0 Å². The van der Waals surface area contributed by atoms with Crippen molar-refractivity contribution in [1.82, 2.24) is 10.2 Å². The minimum atomic E-state index is -4.34. The molecule has 0 aliphatic rings. The van der Waals surface area contributed by atoms with Gasteiger partial charge in [0.25, 0.3) is 0 Å². The fourth-order valence-electron chi connectivity index (χ4n) is 1.14. The molecule has 1 rings (SSSR count). The van der Waals surface area contributed by atoms with Crippen molar-refractivity contribution >= 4 is 0 Å². The lowest BCUT2D eigenvalue weighted by molar-refractivity contribution is -0.138. The van der Waals surface area contributed by atoms with Crippen LogP contribution < -0.4 is 0 Å². The summed E-state index contributed by atoms with van der Waals surface area (Å²) in [5.74, 6) is 0. The number of hydrogen-bond acceptors (Lipinski definition) is 2. The highest BCUT2D eigenvalue weighted by Gasteiger charge is 2.35. The van der Waals surface area contributed by atoms with E-state index in [4.69, 9.17) is 0 Å². The average Bonchev–Trinajstić information content (AvgIpc) is 1.95. The van der Waals surface area contributed by atoms with Crippen molar-refractivity contribution in [3.8, 4) is 0 Å². The summed E-state index contributed by atoms with van der Waals surface area (Å²) in [5, 5.41) is 7.04. The molecule has 1 aromatic heterocycles. The molecule has 72 valence electrons. The fraction of sp³-hybridized carbons (Fsp3) is 0.500. The van der Waals surface area contributed by atoms with E-state index in [1.165, 1.54) is 20.8 Å². The standard InChI is InChI=1S/C8H9F3N2/c1-4-5(2)12-13-6(3)7(4)8(9,10)11/h1-3H3. The third-order valence-corrected chi connectivity index (χ3v) is 1.91. The molecule has 0 bridgehead atoms. The lowest BCUT2D eigenvalue weighted by atomic mass is 10.1. The zero-order chi connectivity index (χ0) is 10.2. The minimum Gasteiger partial charge on any atom is -0.166 e. The summed E-state index contributed by atoms with van der Waals surface area (Å²) in [4.78, 5) is 0. The molecule has 0 spiro atoms. The van der Waals surface area contributed by atoms with Crippen molar-refractivity contribution in [3.63, 3.8) is 0 Å². The Kier molecular flexibility index (Phi) is 2.28. The van der Waals surface area contributed by atoms with Gasteiger partial charge in [-0.3, -0.25) is 0 Å². The largest absolute Gasteiger partial charge is 0.418 e. The van der Waals surface area contributed by atoms with Gasteiger partial charge in [0.05, 0.1) is 17.0 Å². The Hall–Kier alpha value is -1.13. The molecule has 0 atom stereocenters. The van der Waals surface area contributed by atoms with Gasteiger partial charge in [0.15, 0.2) is 0 Å². The molecule has 0 amide bonds. The van der Waals surface area contributed by atoms with E-state index in [-0.39, 0.29) is 11.3 Å². The summed E-state index contributed by atoms with van der Waals surface area (Å²) >= 11 is 0. The summed E-state index contributed by atoms with van der Waals surface area (Å²) < 4.78 is 37.3. The quantitative estimate of drug-likeness (QED) is 0.627. The Labute approximate surface area is 73.8 Å². The fourth-order valence-corrected chi connectivity index (χ4v) is 1.14. The van der Waals surface area contributed by atoms with Crippen LogP contribution in [0, 0.1) is 20.8 Å². The Bertz CT molecular complexity index is 331. The Morgan fingerprint density at radius 3 is 1.77 bits per heavy atom. The summed E-state index contributed by atoms with van der Waals surface area (Å²) in [6.45, 7) is 4.22. The molecule has 0 N–H and O–H groups in total. The first-order valence-electron chi connectivity index (χ1n) is 3.71. The summed E-state index contributed by atoms with van der Waals surface area (Å²) in [6.07, 6.45) is -4.34. The second-order valence-corrected chi connectivity index (χ2v) is 2.87. The normalized spacial score (nSPS) is 11.8. The predicted molar refractivity (Wildman–Crippen MR) is 41.2 cm³/mol. The lowest BCUT2D eigenvalue weighted by Gasteiger charge is -2.12. The van der Waals surface area contributed by atoms with E-state index in [9.17, 15) is 13.2 Å². The second-order valence-electron chi connectivity index (χ2n) is 2.87. The van der Waals surface area contributed by atoms with Crippen molar-refractivity contribution in [1.29, 1.82) is 0 Å². The molecule has 13 heavy (non-hydrogen) atoms. The van der Waals surface area contributed by atoms with Crippen molar-refractivity contribution in [2.45, 2.75) is 26.9 Å². The number of hydrogen-bond donors (Lipinski definition) is 0. The van der Waals surface area contributed by atoms with Crippen LogP contribution in [0.15, 0.2) is 0 Å². The van der Waals surface area contributed by atoms with Crippen LogP contribution in [0.1, 0.15) is 22.5 Å². The highest BCUT2D eigenvalue weighted by molar-refractivity contribution is 5.32. The Balaban J connectivity index is 3.43. The van der Waals surface area contributed by atoms with Crippen LogP contribution in [0.3, 0.4) is 0 Å². The molecular formula is C8H9F3N2. The maximum absolute atomic E-state index is 12.4. The molecular weight excluding hydrogens is 181 g/mol. The van der Waals surface area contributed by atoms with Gasteiger partial charge in [-0.05, 0) is 26.3 Å². The van der Waals surface area contributed by atoms with E-state index < -0.39 is 11.7 Å². The van der Waals surface area contributed by atoms with Gasteiger partial charge in [-0.25, -0.2) is 0 Å². The van der Waals surface area contributed by atoms with Gasteiger partial charge in [-0.15, -0.1) is 0 Å². The molecule has 2 nitrogen and oxygen atoms in total. The van der Waals surface area contributed by atoms with Crippen molar-refractivity contribution in [2.75, 3.05) is 0 Å². The number of aryl methyl sites for hydroxylation is 2. The highest BCUT2D eigenvalue weighted by Crippen LogP contribution is 2.33. The number of nitrogens with zero attached hydrogens (tertiary/aromatic N) is 2. The van der Waals surface area contributed by atoms with E-state index in [0.717, 1.165) is 0 Å². The zero-order valence-corrected chi connectivity index (χ0v) is 7.53. The van der Waals surface area contributed by atoms with Gasteiger partial charge in [0, 0.05) is 0 Å². The summed E-state index contributed by atoms with van der Waals surface area (Å²) in [7, 11) is 0. The van der Waals surface area contributed by atoms with Crippen LogP contribution in [-0.4, -0.2) is 10.2 Å². The van der Waals surface area contributed by atoms with Crippen molar-refractivity contribution in [2.24, 2.45) is 0 Å². The van der Waals surface area contributed by atoms with Gasteiger partial charge in [0.1, 0.15) is 0 Å². The number of aromatic nitrogens is 2. The van der Waals surface area contributed by atoms with Gasteiger partial charge in [-0.1, -0.05) is 0 Å². The van der Waals surface area contributed by atoms with Gasteiger partial charge >= 0.3 is 6.18 Å². The number of halogens is 3. The van der Waals surface area contributed by atoms with Crippen LogP contribution in [0.4, 0.5) is 13.2 Å². The highest BCUT2D eigenvalue weighted by atomic mass is 19.4. The molecule has 0 aliphatic carbocycles. The van der Waals surface area contributed by atoms with Crippen LogP contribution >= 0.6 is 0 Å². The van der Waals surface area contributed by atoms with Crippen LogP contribution in [0.2, 0.25) is 0 Å². The number of alkyl halides is 3. The van der Waals surface area contributed by atoms with Gasteiger partial charge in [0.2, 0.25) is 0 Å². The first-order chi connectivity index (χ1) is 5.84. The molecule has 1 aromatic rings. The average molecular weight is 190 g/mol. The first kappa shape index (κ1) is 9.95. The smallest absolute Gasteiger partial charge is 0.166 e. The summed E-state index contributed by atoms with van der Waals surface area (Å²) in [5.41, 5.74) is -0.270. The molecule has 0 saturated carbocycles. The van der Waals surface area contributed by atoms with E-state index in [0.29, 0.717) is 5.69 Å². The second kappa shape index (κ2) is 2.97. The van der Waals surface area contributed by atoms with E-state index in [1.54, 1.807) is 0 Å². The molecule has 0 fully saturated rings. The van der Waals surface area contributed by atoms with Crippen LogP contribution in [-0.2, 0) is 6.18 Å². The Morgan fingerprint density at radius 1 is 0.923 bits per heavy atom. The van der Waals surface area contributed by atoms with Gasteiger partial charge in [-0.2, -0.15) is 23.4 Å². The van der Waals surface area contributed by atoms with Crippen molar-refractivity contribution < 1.29 is 13.2 Å². The predicted octanol–water partition coefficient (Wildman–Crippen LogP) is 2.42. The zero-order valence-electron chi connectivity index (χ0n) is 7.53. The maximum Gasteiger partial charge on any atom is 0.418 e. The Morgan fingerprint density at radius 2 is 1.38 bits per heavy atom. The summed E-state index contributed by atoms with van der Waals surface area (Å²) in [6, 6.07) is 0. The molecule has 0 saturated heterocycles. The van der Waals surface area contributed by atoms with E-state index in [2.05, 4.69) is 10.2 Å². The van der Waals surface area contributed by atoms with Crippen LogP contribution in [0.25, 0.3) is 0 Å². The third-order valence-electron chi connectivity index (χ3n) is 1.91. The van der Waals surface area contributed by atoms with Crippen molar-refractivity contribution in [3.05, 3.63) is 22.5 Å². The van der Waals surface area contributed by atoms with E-state index in [1.807, 2.05) is 0 Å². The van der Waals surface area contributed by atoms with Crippen LogP contribution in [0.5, 0.6) is 0 Å². The molecule has 0 radical (unpaired) electrons. The minimum absolute atomic E-state index is 0.0735. The SMILES string of the molecule is Cc1nnc(C)c(C(F)(F)F)c1C. The monoisotopic (exact) mass is 190 g/mol. The molecule has 0 aromatic carbocycles. The number of rotatable bonds is 0. The topological polar surface area (TPSA) is 25.8 Å². The lowest BCUT2D eigenvalue weighted by Crippen LogP contribution is -2.13. The maximum atomic E-state index is 12.4. The molecule has 5 heteroatoms. The molecule has 0 aliphatic heterocycles. The first-order valence-corrected chi connectivity index (χ1v) is 3.71. The van der Waals surface area contributed by atoms with Gasteiger partial charge < -0.3 is 0 Å². The molecule has 0 unspecified atom stereocenters.